The van der Waals surface area contributed by atoms with Gasteiger partial charge in [0.05, 0.1) is 0 Å². The predicted octanol–water partition coefficient (Wildman–Crippen LogP) is 1.19. The van der Waals surface area contributed by atoms with Crippen LogP contribution in [0.5, 0.6) is 0 Å². The average molecular weight is 122 g/mol. The van der Waals surface area contributed by atoms with Crippen LogP contribution < -0.4 is 0 Å². The van der Waals surface area contributed by atoms with E-state index in [0.717, 1.165) is 0 Å². The Balaban J connectivity index is 3.61. The van der Waals surface area contributed by atoms with Gasteiger partial charge >= 0.3 is 0 Å². The Morgan fingerprint density at radius 2 is 1.57 bits per heavy atom. The second-order valence-corrected chi connectivity index (χ2v) is 4.14. The third-order valence-electron chi connectivity index (χ3n) is 0.772. The summed E-state index contributed by atoms with van der Waals surface area (Å²) < 4.78 is 9.73. The standard InChI is InChI=1S/C4H11O2P/c1-5-7(3,4)6-2/h3H2,1-2,4H3. The van der Waals surface area contributed by atoms with Crippen LogP contribution in [0.4, 0.5) is 0 Å². The zero-order valence-electron chi connectivity index (χ0n) is 4.97. The number of hydrogen-bond acceptors (Lipinski definition) is 2. The molecule has 44 valence electrons. The lowest BCUT2D eigenvalue weighted by Gasteiger charge is -2.12. The molecule has 0 aromatic heterocycles. The highest BCUT2D eigenvalue weighted by Gasteiger charge is 1.98. The molecule has 0 N–H and O–H groups in total. The van der Waals surface area contributed by atoms with Gasteiger partial charge < -0.3 is 9.05 Å². The molecular formula is C4H11O2P. The van der Waals surface area contributed by atoms with Gasteiger partial charge in [-0.2, -0.15) is 0 Å². The van der Waals surface area contributed by atoms with Crippen molar-refractivity contribution in [3.63, 3.8) is 0 Å². The van der Waals surface area contributed by atoms with E-state index in [-0.39, 0.29) is 0 Å². The largest absolute Gasteiger partial charge is 0.341 e. The van der Waals surface area contributed by atoms with Gasteiger partial charge in [0.25, 0.3) is 0 Å². The normalized spacial score (nSPS) is 11.9. The average Bonchev–Trinajstić information content (AvgIpc) is 1.68. The van der Waals surface area contributed by atoms with Crippen LogP contribution in [0.2, 0.25) is 0 Å². The van der Waals surface area contributed by atoms with E-state index in [4.69, 9.17) is 9.05 Å². The molecule has 0 saturated carbocycles. The van der Waals surface area contributed by atoms with E-state index < -0.39 is 7.34 Å². The molecule has 0 saturated heterocycles. The first kappa shape index (κ1) is 7.22. The first-order chi connectivity index (χ1) is 3.12. The Labute approximate surface area is 44.6 Å². The predicted molar refractivity (Wildman–Crippen MR) is 34.0 cm³/mol. The van der Waals surface area contributed by atoms with E-state index in [1.54, 1.807) is 14.2 Å². The molecule has 0 aliphatic rings. The van der Waals surface area contributed by atoms with E-state index in [0.29, 0.717) is 0 Å². The van der Waals surface area contributed by atoms with Crippen molar-refractivity contribution in [1.82, 2.24) is 0 Å². The summed E-state index contributed by atoms with van der Waals surface area (Å²) >= 11 is 0. The maximum atomic E-state index is 4.86. The lowest BCUT2D eigenvalue weighted by Crippen LogP contribution is -1.83. The molecule has 0 aliphatic carbocycles. The van der Waals surface area contributed by atoms with Crippen molar-refractivity contribution in [2.45, 2.75) is 0 Å². The maximum Gasteiger partial charge on any atom is 0.113 e. The molecule has 2 nitrogen and oxygen atoms in total. The van der Waals surface area contributed by atoms with Crippen LogP contribution in [0, 0.1) is 0 Å². The Morgan fingerprint density at radius 1 is 1.29 bits per heavy atom. The molecular weight excluding hydrogens is 111 g/mol. The van der Waals surface area contributed by atoms with Gasteiger partial charge in [0.15, 0.2) is 0 Å². The van der Waals surface area contributed by atoms with Crippen molar-refractivity contribution in [2.24, 2.45) is 0 Å². The Kier molecular flexibility index (Phi) is 2.59. The maximum absolute atomic E-state index is 4.86. The molecule has 0 aromatic rings. The van der Waals surface area contributed by atoms with Crippen molar-refractivity contribution in [2.75, 3.05) is 20.9 Å². The summed E-state index contributed by atoms with van der Waals surface area (Å²) in [5.41, 5.74) is 0. The van der Waals surface area contributed by atoms with Gasteiger partial charge in [-0.3, -0.25) is 0 Å². The molecule has 0 bridgehead atoms. The molecule has 0 rings (SSSR count). The van der Waals surface area contributed by atoms with Crippen LogP contribution in [-0.4, -0.2) is 27.2 Å². The molecule has 0 unspecified atom stereocenters. The van der Waals surface area contributed by atoms with Gasteiger partial charge in [0.2, 0.25) is 0 Å². The molecule has 7 heavy (non-hydrogen) atoms. The van der Waals surface area contributed by atoms with E-state index in [2.05, 4.69) is 6.30 Å². The zero-order valence-corrected chi connectivity index (χ0v) is 5.87. The number of hydrogen-bond donors (Lipinski definition) is 0. The van der Waals surface area contributed by atoms with E-state index in [1.165, 1.54) is 0 Å². The molecule has 0 heterocycles. The molecule has 0 amide bonds. The van der Waals surface area contributed by atoms with Gasteiger partial charge in [0.1, 0.15) is 7.34 Å². The minimum absolute atomic E-state index is 1.60. The third kappa shape index (κ3) is 2.86. The van der Waals surface area contributed by atoms with Crippen LogP contribution in [0.15, 0.2) is 0 Å². The summed E-state index contributed by atoms with van der Waals surface area (Å²) in [5, 5.41) is 0. The SMILES string of the molecule is C=P(C)(OC)OC. The minimum Gasteiger partial charge on any atom is -0.341 e. The van der Waals surface area contributed by atoms with Crippen LogP contribution >= 0.6 is 7.34 Å². The molecule has 3 heteroatoms. The molecule has 0 fully saturated rings. The fraction of sp³-hybridized carbons (Fsp3) is 0.750. The summed E-state index contributed by atoms with van der Waals surface area (Å²) in [6.45, 7) is 1.85. The molecule has 0 atom stereocenters. The summed E-state index contributed by atoms with van der Waals surface area (Å²) in [7, 11) is 1.55. The molecule has 0 spiro atoms. The second-order valence-electron chi connectivity index (χ2n) is 1.38. The minimum atomic E-state index is -1.65. The summed E-state index contributed by atoms with van der Waals surface area (Å²) in [5.74, 6) is 0. The summed E-state index contributed by atoms with van der Waals surface area (Å²) in [6.07, 6.45) is 3.67. The van der Waals surface area contributed by atoms with E-state index in [1.807, 2.05) is 6.66 Å². The Morgan fingerprint density at radius 3 is 1.57 bits per heavy atom. The van der Waals surface area contributed by atoms with E-state index >= 15 is 0 Å². The Bertz CT molecular complexity index is 81.7. The summed E-state index contributed by atoms with van der Waals surface area (Å²) in [4.78, 5) is 0. The topological polar surface area (TPSA) is 18.5 Å². The zero-order chi connectivity index (χ0) is 5.91. The quantitative estimate of drug-likeness (QED) is 0.512. The number of rotatable bonds is 2. The van der Waals surface area contributed by atoms with Crippen LogP contribution in [0.1, 0.15) is 0 Å². The monoisotopic (exact) mass is 122 g/mol. The first-order valence-corrected chi connectivity index (χ1v) is 4.20. The lowest BCUT2D eigenvalue weighted by atomic mass is 11.8. The fourth-order valence-corrected chi connectivity index (χ4v) is 0.224. The van der Waals surface area contributed by atoms with Gasteiger partial charge in [-0.15, -0.1) is 0 Å². The van der Waals surface area contributed by atoms with Crippen molar-refractivity contribution >= 4 is 13.6 Å². The van der Waals surface area contributed by atoms with E-state index in [9.17, 15) is 0 Å². The first-order valence-electron chi connectivity index (χ1n) is 1.95. The van der Waals surface area contributed by atoms with Crippen molar-refractivity contribution < 1.29 is 9.05 Å². The van der Waals surface area contributed by atoms with Crippen LogP contribution in [0.25, 0.3) is 0 Å². The highest BCUT2D eigenvalue weighted by atomic mass is 31.2. The third-order valence-corrected chi connectivity index (χ3v) is 2.32. The molecule has 0 radical (unpaired) electrons. The second kappa shape index (κ2) is 2.51. The van der Waals surface area contributed by atoms with Crippen LogP contribution in [0.3, 0.4) is 0 Å². The van der Waals surface area contributed by atoms with Gasteiger partial charge in [-0.1, -0.05) is 6.30 Å². The molecule has 0 aromatic carbocycles. The summed E-state index contributed by atoms with van der Waals surface area (Å²) in [6, 6.07) is 0. The smallest absolute Gasteiger partial charge is 0.113 e. The van der Waals surface area contributed by atoms with Gasteiger partial charge in [0, 0.05) is 20.9 Å². The van der Waals surface area contributed by atoms with Crippen molar-refractivity contribution in [3.8, 4) is 0 Å². The van der Waals surface area contributed by atoms with Crippen LogP contribution in [-0.2, 0) is 9.05 Å². The molecule has 0 aliphatic heterocycles. The lowest BCUT2D eigenvalue weighted by molar-refractivity contribution is 0.341. The highest BCUT2D eigenvalue weighted by Crippen LogP contribution is 2.40. The highest BCUT2D eigenvalue weighted by molar-refractivity contribution is 7.63. The van der Waals surface area contributed by atoms with Gasteiger partial charge in [-0.25, -0.2) is 0 Å². The van der Waals surface area contributed by atoms with Crippen molar-refractivity contribution in [3.05, 3.63) is 0 Å². The fourth-order valence-electron chi connectivity index (χ4n) is 0.0745. The van der Waals surface area contributed by atoms with Gasteiger partial charge in [-0.05, 0) is 0 Å². The van der Waals surface area contributed by atoms with Crippen molar-refractivity contribution in [1.29, 1.82) is 0 Å². The Hall–Kier alpha value is 0.220.